The van der Waals surface area contributed by atoms with Crippen molar-refractivity contribution in [3.8, 4) is 0 Å². The Morgan fingerprint density at radius 3 is 2.52 bits per heavy atom. The molecule has 0 spiro atoms. The topological polar surface area (TPSA) is 70.2 Å². The molecule has 0 aliphatic rings. The van der Waals surface area contributed by atoms with Gasteiger partial charge in [0.05, 0.1) is 0 Å². The molecule has 6 nitrogen and oxygen atoms in total. The number of hydrogen-bond donors (Lipinski definition) is 2. The number of carbonyl (C=O) groups is 1. The first-order chi connectivity index (χ1) is 14.0. The highest BCUT2D eigenvalue weighted by molar-refractivity contribution is 6.03. The molecule has 1 heterocycles. The number of benzene rings is 2. The van der Waals surface area contributed by atoms with Gasteiger partial charge >= 0.3 is 0 Å². The Morgan fingerprint density at radius 1 is 1.03 bits per heavy atom. The van der Waals surface area contributed by atoms with Gasteiger partial charge in [0.2, 0.25) is 5.95 Å². The molecule has 1 aromatic heterocycles. The van der Waals surface area contributed by atoms with Gasteiger partial charge in [-0.25, -0.2) is 9.97 Å². The summed E-state index contributed by atoms with van der Waals surface area (Å²) in [5, 5.41) is 6.09. The van der Waals surface area contributed by atoms with Gasteiger partial charge in [-0.05, 0) is 75.2 Å². The summed E-state index contributed by atoms with van der Waals surface area (Å²) in [7, 11) is 0. The summed E-state index contributed by atoms with van der Waals surface area (Å²) < 4.78 is 0. The number of aryl methyl sites for hydroxylation is 2. The lowest BCUT2D eigenvalue weighted by molar-refractivity contribution is 0.102. The quantitative estimate of drug-likeness (QED) is 0.599. The lowest BCUT2D eigenvalue weighted by atomic mass is 10.1. The number of nitrogens with one attached hydrogen (secondary N) is 2. The van der Waals surface area contributed by atoms with E-state index >= 15 is 0 Å². The number of aromatic nitrogens is 2. The molecular formula is C23H27N5O. The predicted octanol–water partition coefficient (Wildman–Crippen LogP) is 4.94. The normalized spacial score (nSPS) is 10.5. The molecule has 0 bridgehead atoms. The third-order valence-corrected chi connectivity index (χ3v) is 4.75. The van der Waals surface area contributed by atoms with E-state index in [1.807, 2.05) is 50.2 Å². The fraction of sp³-hybridized carbons (Fsp3) is 0.261. The zero-order valence-corrected chi connectivity index (χ0v) is 17.4. The van der Waals surface area contributed by atoms with Gasteiger partial charge in [-0.1, -0.05) is 12.1 Å². The molecule has 0 atom stereocenters. The van der Waals surface area contributed by atoms with Crippen LogP contribution >= 0.6 is 0 Å². The number of hydrogen-bond acceptors (Lipinski definition) is 5. The fourth-order valence-electron chi connectivity index (χ4n) is 3.16. The van der Waals surface area contributed by atoms with Crippen LogP contribution in [-0.4, -0.2) is 29.0 Å². The molecule has 2 N–H and O–H groups in total. The number of carbonyl (C=O) groups excluding carboxylic acids is 1. The van der Waals surface area contributed by atoms with E-state index in [0.717, 1.165) is 41.3 Å². The number of amides is 1. The van der Waals surface area contributed by atoms with Crippen LogP contribution in [0.3, 0.4) is 0 Å². The average molecular weight is 390 g/mol. The maximum atomic E-state index is 12.7. The van der Waals surface area contributed by atoms with Gasteiger partial charge in [0, 0.05) is 36.3 Å². The van der Waals surface area contributed by atoms with Crippen LogP contribution in [-0.2, 0) is 0 Å². The zero-order chi connectivity index (χ0) is 20.8. The Kier molecular flexibility index (Phi) is 6.44. The highest BCUT2D eigenvalue weighted by Crippen LogP contribution is 2.23. The molecule has 0 unspecified atom stereocenters. The average Bonchev–Trinajstić information content (AvgIpc) is 2.71. The van der Waals surface area contributed by atoms with Crippen molar-refractivity contribution in [3.63, 3.8) is 0 Å². The van der Waals surface area contributed by atoms with Gasteiger partial charge in [-0.2, -0.15) is 0 Å². The number of nitrogens with zero attached hydrogens (tertiary/aromatic N) is 3. The first-order valence-corrected chi connectivity index (χ1v) is 9.83. The van der Waals surface area contributed by atoms with Crippen molar-refractivity contribution < 1.29 is 4.79 Å². The second-order valence-electron chi connectivity index (χ2n) is 6.89. The standard InChI is InChI=1S/C23H27N5O/c1-5-28(6-2)19-10-11-20(17(4)15-19)26-22(29)21-12-13-24-23(27-21)25-18-9-7-8-16(3)14-18/h7-15H,5-6H2,1-4H3,(H,26,29)(H,24,25,27). The fourth-order valence-corrected chi connectivity index (χ4v) is 3.16. The smallest absolute Gasteiger partial charge is 0.274 e. The van der Waals surface area contributed by atoms with E-state index < -0.39 is 0 Å². The summed E-state index contributed by atoms with van der Waals surface area (Å²) in [6, 6.07) is 15.6. The van der Waals surface area contributed by atoms with Gasteiger partial charge in [-0.3, -0.25) is 4.79 Å². The van der Waals surface area contributed by atoms with Crippen molar-refractivity contribution in [2.75, 3.05) is 28.6 Å². The van der Waals surface area contributed by atoms with Gasteiger partial charge in [0.15, 0.2) is 0 Å². The van der Waals surface area contributed by atoms with Crippen molar-refractivity contribution >= 4 is 28.9 Å². The van der Waals surface area contributed by atoms with Crippen molar-refractivity contribution in [1.82, 2.24) is 9.97 Å². The van der Waals surface area contributed by atoms with E-state index in [0.29, 0.717) is 11.6 Å². The third kappa shape index (κ3) is 5.10. The number of anilines is 4. The van der Waals surface area contributed by atoms with E-state index in [4.69, 9.17) is 0 Å². The molecule has 2 aromatic carbocycles. The Balaban J connectivity index is 1.74. The van der Waals surface area contributed by atoms with Crippen LogP contribution in [0.4, 0.5) is 23.0 Å². The second kappa shape index (κ2) is 9.19. The predicted molar refractivity (Wildman–Crippen MR) is 119 cm³/mol. The molecule has 150 valence electrons. The zero-order valence-electron chi connectivity index (χ0n) is 17.4. The molecule has 3 rings (SSSR count). The van der Waals surface area contributed by atoms with Crippen LogP contribution in [0, 0.1) is 13.8 Å². The molecule has 0 aliphatic carbocycles. The summed E-state index contributed by atoms with van der Waals surface area (Å²) in [4.78, 5) is 23.6. The van der Waals surface area contributed by atoms with Crippen molar-refractivity contribution in [2.45, 2.75) is 27.7 Å². The van der Waals surface area contributed by atoms with Crippen LogP contribution < -0.4 is 15.5 Å². The third-order valence-electron chi connectivity index (χ3n) is 4.75. The molecule has 0 saturated heterocycles. The largest absolute Gasteiger partial charge is 0.372 e. The Bertz CT molecular complexity index is 998. The first kappa shape index (κ1) is 20.3. The van der Waals surface area contributed by atoms with E-state index in [-0.39, 0.29) is 5.91 Å². The molecular weight excluding hydrogens is 362 g/mol. The van der Waals surface area contributed by atoms with Gasteiger partial charge in [0.1, 0.15) is 5.69 Å². The van der Waals surface area contributed by atoms with Crippen molar-refractivity contribution in [1.29, 1.82) is 0 Å². The highest BCUT2D eigenvalue weighted by Gasteiger charge is 2.12. The van der Waals surface area contributed by atoms with Crippen LogP contribution in [0.5, 0.6) is 0 Å². The maximum Gasteiger partial charge on any atom is 0.274 e. The maximum absolute atomic E-state index is 12.7. The molecule has 29 heavy (non-hydrogen) atoms. The second-order valence-corrected chi connectivity index (χ2v) is 6.89. The molecule has 1 amide bonds. The summed E-state index contributed by atoms with van der Waals surface area (Å²) >= 11 is 0. The molecule has 0 saturated carbocycles. The summed E-state index contributed by atoms with van der Waals surface area (Å²) in [6.07, 6.45) is 1.58. The van der Waals surface area contributed by atoms with E-state index in [2.05, 4.69) is 45.4 Å². The minimum atomic E-state index is -0.265. The summed E-state index contributed by atoms with van der Waals surface area (Å²) in [6.45, 7) is 10.2. The highest BCUT2D eigenvalue weighted by atomic mass is 16.1. The monoisotopic (exact) mass is 389 g/mol. The van der Waals surface area contributed by atoms with Crippen LogP contribution in [0.15, 0.2) is 54.7 Å². The molecule has 0 radical (unpaired) electrons. The molecule has 6 heteroatoms. The molecule has 0 aliphatic heterocycles. The Labute approximate surface area is 172 Å². The van der Waals surface area contributed by atoms with E-state index in [1.54, 1.807) is 12.3 Å². The Hall–Kier alpha value is -3.41. The van der Waals surface area contributed by atoms with Crippen LogP contribution in [0.2, 0.25) is 0 Å². The minimum Gasteiger partial charge on any atom is -0.372 e. The van der Waals surface area contributed by atoms with Gasteiger partial charge < -0.3 is 15.5 Å². The Morgan fingerprint density at radius 2 is 1.83 bits per heavy atom. The lowest BCUT2D eigenvalue weighted by Gasteiger charge is -2.22. The van der Waals surface area contributed by atoms with Gasteiger partial charge in [0.25, 0.3) is 5.91 Å². The van der Waals surface area contributed by atoms with E-state index in [9.17, 15) is 4.79 Å². The summed E-state index contributed by atoms with van der Waals surface area (Å²) in [5.74, 6) is 0.121. The molecule has 0 fully saturated rings. The summed E-state index contributed by atoms with van der Waals surface area (Å²) in [5.41, 5.74) is 5.25. The molecule has 3 aromatic rings. The van der Waals surface area contributed by atoms with Gasteiger partial charge in [-0.15, -0.1) is 0 Å². The number of rotatable bonds is 7. The van der Waals surface area contributed by atoms with Crippen molar-refractivity contribution in [3.05, 3.63) is 71.5 Å². The first-order valence-electron chi connectivity index (χ1n) is 9.83. The van der Waals surface area contributed by atoms with Crippen molar-refractivity contribution in [2.24, 2.45) is 0 Å². The van der Waals surface area contributed by atoms with Crippen LogP contribution in [0.25, 0.3) is 0 Å². The lowest BCUT2D eigenvalue weighted by Crippen LogP contribution is -2.22. The minimum absolute atomic E-state index is 0.265. The SMILES string of the molecule is CCN(CC)c1ccc(NC(=O)c2ccnc(Nc3cccc(C)c3)n2)c(C)c1. The van der Waals surface area contributed by atoms with E-state index in [1.165, 1.54) is 0 Å². The van der Waals surface area contributed by atoms with Crippen LogP contribution in [0.1, 0.15) is 35.5 Å².